The van der Waals surface area contributed by atoms with Gasteiger partial charge in [-0.2, -0.15) is 13.2 Å². The van der Waals surface area contributed by atoms with E-state index in [9.17, 15) is 18.0 Å². The summed E-state index contributed by atoms with van der Waals surface area (Å²) >= 11 is 0. The Labute approximate surface area is 167 Å². The molecule has 150 valence electrons. The zero-order valence-corrected chi connectivity index (χ0v) is 16.2. The number of nitrogens with zero attached hydrogens (tertiary/aromatic N) is 1. The van der Waals surface area contributed by atoms with Crippen molar-refractivity contribution in [2.45, 2.75) is 32.7 Å². The van der Waals surface area contributed by atoms with Gasteiger partial charge in [-0.15, -0.1) is 24.8 Å². The van der Waals surface area contributed by atoms with Crippen LogP contribution in [-0.4, -0.2) is 17.0 Å². The van der Waals surface area contributed by atoms with Gasteiger partial charge in [0.05, 0.1) is 11.7 Å². The number of carbonyl (C=O) groups excluding carboxylic acids is 1. The second kappa shape index (κ2) is 10.3. The van der Waals surface area contributed by atoms with Crippen LogP contribution in [0.5, 0.6) is 5.75 Å². The number of amides is 1. The number of ether oxygens (including phenoxy) is 1. The lowest BCUT2D eigenvalue weighted by atomic mass is 10.1. The first kappa shape index (κ1) is 25.0. The van der Waals surface area contributed by atoms with Gasteiger partial charge in [-0.3, -0.25) is 4.79 Å². The molecule has 1 amide bonds. The lowest BCUT2D eigenvalue weighted by Gasteiger charge is -2.15. The molecule has 1 aromatic carbocycles. The van der Waals surface area contributed by atoms with Crippen LogP contribution >= 0.6 is 24.8 Å². The highest BCUT2D eigenvalue weighted by molar-refractivity contribution is 6.04. The van der Waals surface area contributed by atoms with Crippen molar-refractivity contribution in [1.29, 1.82) is 0 Å². The number of hydrogen-bond donors (Lipinski definition) is 2. The SMILES string of the molecule is CC(C)Oc1cccnc1C(=O)Nc1cc(CN)cc(C(F)(F)F)c1.Cl.Cl. The Hall–Kier alpha value is -2.03. The summed E-state index contributed by atoms with van der Waals surface area (Å²) < 4.78 is 44.4. The summed E-state index contributed by atoms with van der Waals surface area (Å²) in [4.78, 5) is 16.4. The van der Waals surface area contributed by atoms with Gasteiger partial charge in [0, 0.05) is 18.4 Å². The second-order valence-electron chi connectivity index (χ2n) is 5.59. The molecular weight excluding hydrogens is 406 g/mol. The number of nitrogens with one attached hydrogen (secondary N) is 1. The molecule has 1 heterocycles. The van der Waals surface area contributed by atoms with Gasteiger partial charge < -0.3 is 15.8 Å². The Morgan fingerprint density at radius 1 is 1.26 bits per heavy atom. The average Bonchev–Trinajstić information content (AvgIpc) is 2.53. The molecule has 27 heavy (non-hydrogen) atoms. The highest BCUT2D eigenvalue weighted by atomic mass is 35.5. The van der Waals surface area contributed by atoms with Gasteiger partial charge in [0.25, 0.3) is 5.91 Å². The first-order valence-electron chi connectivity index (χ1n) is 7.55. The topological polar surface area (TPSA) is 77.2 Å². The summed E-state index contributed by atoms with van der Waals surface area (Å²) in [5, 5.41) is 2.42. The number of anilines is 1. The van der Waals surface area contributed by atoms with Crippen molar-refractivity contribution in [3.63, 3.8) is 0 Å². The molecule has 0 saturated heterocycles. The number of hydrogen-bond acceptors (Lipinski definition) is 4. The van der Waals surface area contributed by atoms with E-state index in [1.165, 1.54) is 12.3 Å². The van der Waals surface area contributed by atoms with Crippen LogP contribution in [0.3, 0.4) is 0 Å². The average molecular weight is 426 g/mol. The first-order chi connectivity index (χ1) is 11.7. The van der Waals surface area contributed by atoms with Crippen molar-refractivity contribution in [3.05, 3.63) is 53.3 Å². The minimum atomic E-state index is -4.54. The Morgan fingerprint density at radius 2 is 1.93 bits per heavy atom. The van der Waals surface area contributed by atoms with Crippen LogP contribution in [-0.2, 0) is 12.7 Å². The van der Waals surface area contributed by atoms with Gasteiger partial charge in [-0.25, -0.2) is 4.98 Å². The normalized spacial score (nSPS) is 10.6. The smallest absolute Gasteiger partial charge is 0.416 e. The van der Waals surface area contributed by atoms with Gasteiger partial charge in [-0.05, 0) is 49.7 Å². The van der Waals surface area contributed by atoms with Crippen LogP contribution in [0.1, 0.15) is 35.5 Å². The number of pyridine rings is 1. The lowest BCUT2D eigenvalue weighted by molar-refractivity contribution is -0.137. The van der Waals surface area contributed by atoms with Gasteiger partial charge in [0.2, 0.25) is 0 Å². The van der Waals surface area contributed by atoms with E-state index in [0.29, 0.717) is 0 Å². The fraction of sp³-hybridized carbons (Fsp3) is 0.294. The summed E-state index contributed by atoms with van der Waals surface area (Å²) in [6.07, 6.45) is -3.32. The zero-order valence-electron chi connectivity index (χ0n) is 14.5. The van der Waals surface area contributed by atoms with E-state index in [1.807, 2.05) is 0 Å². The first-order valence-corrected chi connectivity index (χ1v) is 7.55. The van der Waals surface area contributed by atoms with E-state index < -0.39 is 17.6 Å². The van der Waals surface area contributed by atoms with Crippen LogP contribution in [0.4, 0.5) is 18.9 Å². The number of halogens is 5. The second-order valence-corrected chi connectivity index (χ2v) is 5.59. The van der Waals surface area contributed by atoms with Crippen molar-refractivity contribution in [1.82, 2.24) is 4.98 Å². The summed E-state index contributed by atoms with van der Waals surface area (Å²) in [6.45, 7) is 3.49. The van der Waals surface area contributed by atoms with Gasteiger partial charge in [0.15, 0.2) is 11.4 Å². The minimum Gasteiger partial charge on any atom is -0.489 e. The lowest BCUT2D eigenvalue weighted by Crippen LogP contribution is -2.18. The fourth-order valence-corrected chi connectivity index (χ4v) is 2.15. The van der Waals surface area contributed by atoms with Crippen molar-refractivity contribution in [2.24, 2.45) is 5.73 Å². The fourth-order valence-electron chi connectivity index (χ4n) is 2.15. The predicted octanol–water partition coefficient (Wildman–Crippen LogP) is 4.44. The maximum Gasteiger partial charge on any atom is 0.416 e. The summed E-state index contributed by atoms with van der Waals surface area (Å²) in [7, 11) is 0. The molecule has 5 nitrogen and oxygen atoms in total. The quantitative estimate of drug-likeness (QED) is 0.741. The zero-order chi connectivity index (χ0) is 18.6. The van der Waals surface area contributed by atoms with Gasteiger partial charge in [0.1, 0.15) is 0 Å². The molecule has 0 spiro atoms. The molecule has 0 aliphatic heterocycles. The van der Waals surface area contributed by atoms with Crippen LogP contribution in [0.15, 0.2) is 36.5 Å². The predicted molar refractivity (Wildman–Crippen MR) is 102 cm³/mol. The monoisotopic (exact) mass is 425 g/mol. The molecule has 0 aliphatic carbocycles. The Bertz CT molecular complexity index is 771. The molecule has 0 aliphatic rings. The number of rotatable bonds is 5. The summed E-state index contributed by atoms with van der Waals surface area (Å²) in [6, 6.07) is 6.36. The highest BCUT2D eigenvalue weighted by Crippen LogP contribution is 2.32. The summed E-state index contributed by atoms with van der Waals surface area (Å²) in [5.74, 6) is -0.417. The molecule has 3 N–H and O–H groups in total. The Balaban J connectivity index is 0.00000338. The molecule has 1 aromatic heterocycles. The molecule has 2 rings (SSSR count). The number of aromatic nitrogens is 1. The number of benzene rings is 1. The highest BCUT2D eigenvalue weighted by Gasteiger charge is 2.31. The third kappa shape index (κ3) is 6.89. The summed E-state index contributed by atoms with van der Waals surface area (Å²) in [5.41, 5.74) is 4.79. The van der Waals surface area contributed by atoms with Crippen molar-refractivity contribution in [2.75, 3.05) is 5.32 Å². The van der Waals surface area contributed by atoms with E-state index in [2.05, 4.69) is 10.3 Å². The number of carbonyl (C=O) groups is 1. The van der Waals surface area contributed by atoms with Crippen LogP contribution in [0.25, 0.3) is 0 Å². The molecule has 2 aromatic rings. The van der Waals surface area contributed by atoms with Gasteiger partial charge >= 0.3 is 6.18 Å². The number of alkyl halides is 3. The Kier molecular flexibility index (Phi) is 9.56. The van der Waals surface area contributed by atoms with Gasteiger partial charge in [-0.1, -0.05) is 0 Å². The van der Waals surface area contributed by atoms with Crippen molar-refractivity contribution in [3.8, 4) is 5.75 Å². The van der Waals surface area contributed by atoms with E-state index in [-0.39, 0.29) is 60.2 Å². The molecular formula is C17H20Cl2F3N3O2. The maximum absolute atomic E-state index is 13.0. The molecule has 0 unspecified atom stereocenters. The van der Waals surface area contributed by atoms with E-state index >= 15 is 0 Å². The van der Waals surface area contributed by atoms with Crippen molar-refractivity contribution < 1.29 is 22.7 Å². The standard InChI is InChI=1S/C17H18F3N3O2.2ClH/c1-10(2)25-14-4-3-5-22-15(14)16(24)23-13-7-11(9-21)6-12(8-13)17(18,19)20;;/h3-8,10H,9,21H2,1-2H3,(H,23,24);2*1H. The van der Waals surface area contributed by atoms with Crippen LogP contribution in [0, 0.1) is 0 Å². The molecule has 0 fully saturated rings. The minimum absolute atomic E-state index is 0. The van der Waals surface area contributed by atoms with E-state index in [0.717, 1.165) is 12.1 Å². The van der Waals surface area contributed by atoms with E-state index in [1.54, 1.807) is 26.0 Å². The van der Waals surface area contributed by atoms with Crippen LogP contribution in [0.2, 0.25) is 0 Å². The number of nitrogens with two attached hydrogens (primary N) is 1. The van der Waals surface area contributed by atoms with E-state index in [4.69, 9.17) is 10.5 Å². The third-order valence-corrected chi connectivity index (χ3v) is 3.16. The molecule has 0 saturated carbocycles. The van der Waals surface area contributed by atoms with Crippen LogP contribution < -0.4 is 15.8 Å². The largest absolute Gasteiger partial charge is 0.489 e. The Morgan fingerprint density at radius 3 is 2.48 bits per heavy atom. The molecule has 0 bridgehead atoms. The maximum atomic E-state index is 13.0. The van der Waals surface area contributed by atoms with Crippen molar-refractivity contribution >= 4 is 36.4 Å². The molecule has 0 radical (unpaired) electrons. The molecule has 10 heteroatoms. The molecule has 0 atom stereocenters. The third-order valence-electron chi connectivity index (χ3n) is 3.16.